The maximum absolute atomic E-state index is 13.5. The van der Waals surface area contributed by atoms with Crippen molar-refractivity contribution >= 4 is 21.7 Å². The Bertz CT molecular complexity index is 722. The Morgan fingerprint density at radius 2 is 2.05 bits per heavy atom. The minimum absolute atomic E-state index is 0.0402. The average molecular weight is 334 g/mol. The van der Waals surface area contributed by atoms with E-state index < -0.39 is 11.6 Å². The number of carbonyl (C=O) groups excluding carboxylic acids is 1. The van der Waals surface area contributed by atoms with Gasteiger partial charge in [0.05, 0.1) is 12.7 Å². The molecule has 0 saturated carbocycles. The highest BCUT2D eigenvalue weighted by Crippen LogP contribution is 2.26. The molecule has 0 unspecified atom stereocenters. The van der Waals surface area contributed by atoms with Crippen molar-refractivity contribution in [2.75, 3.05) is 7.11 Å². The summed E-state index contributed by atoms with van der Waals surface area (Å²) in [6.07, 6.45) is 0. The molecule has 0 radical (unpaired) electrons. The number of hydrogen-bond acceptors (Lipinski definition) is 3. The normalized spacial score (nSPS) is 9.90. The lowest BCUT2D eigenvalue weighted by molar-refractivity contribution is 0.103. The molecule has 0 aliphatic rings. The molecular formula is C15H9BrFNO2. The fraction of sp³-hybridized carbons (Fsp3) is 0.0667. The molecule has 100 valence electrons. The number of methoxy groups -OCH3 is 1. The van der Waals surface area contributed by atoms with Gasteiger partial charge in [-0.25, -0.2) is 4.39 Å². The zero-order chi connectivity index (χ0) is 14.7. The van der Waals surface area contributed by atoms with E-state index in [0.717, 1.165) is 6.07 Å². The molecule has 0 amide bonds. The van der Waals surface area contributed by atoms with Crippen LogP contribution in [0.2, 0.25) is 0 Å². The van der Waals surface area contributed by atoms with E-state index in [1.54, 1.807) is 24.3 Å². The molecule has 0 aliphatic carbocycles. The fourth-order valence-electron chi connectivity index (χ4n) is 1.78. The number of benzene rings is 2. The van der Waals surface area contributed by atoms with Crippen LogP contribution >= 0.6 is 15.9 Å². The molecule has 0 heterocycles. The molecule has 0 fully saturated rings. The average Bonchev–Trinajstić information content (AvgIpc) is 2.46. The van der Waals surface area contributed by atoms with Gasteiger partial charge in [0.2, 0.25) is 0 Å². The van der Waals surface area contributed by atoms with Gasteiger partial charge in [0, 0.05) is 15.6 Å². The van der Waals surface area contributed by atoms with Gasteiger partial charge in [-0.15, -0.1) is 0 Å². The number of ketones is 1. The number of carbonyl (C=O) groups is 1. The van der Waals surface area contributed by atoms with Crippen molar-refractivity contribution in [1.82, 2.24) is 0 Å². The van der Waals surface area contributed by atoms with E-state index in [2.05, 4.69) is 15.9 Å². The molecule has 0 atom stereocenters. The standard InChI is InChI=1S/C15H9BrFNO2/c1-20-9-5-6-11(13(16)7-9)15(19)10-3-2-4-14(17)12(10)8-18/h2-7H,1H3. The van der Waals surface area contributed by atoms with Crippen molar-refractivity contribution in [1.29, 1.82) is 5.26 Å². The number of ether oxygens (including phenoxy) is 1. The highest BCUT2D eigenvalue weighted by Gasteiger charge is 2.18. The molecule has 2 aromatic rings. The molecule has 0 aliphatic heterocycles. The van der Waals surface area contributed by atoms with Crippen LogP contribution in [-0.2, 0) is 0 Å². The van der Waals surface area contributed by atoms with E-state index in [4.69, 9.17) is 10.00 Å². The first-order chi connectivity index (χ1) is 9.58. The summed E-state index contributed by atoms with van der Waals surface area (Å²) in [5.74, 6) is -0.535. The highest BCUT2D eigenvalue weighted by atomic mass is 79.9. The molecule has 0 N–H and O–H groups in total. The van der Waals surface area contributed by atoms with Gasteiger partial charge in [0.1, 0.15) is 17.6 Å². The van der Waals surface area contributed by atoms with Crippen LogP contribution in [-0.4, -0.2) is 12.9 Å². The molecule has 2 rings (SSSR count). The van der Waals surface area contributed by atoms with Crippen LogP contribution in [0.25, 0.3) is 0 Å². The van der Waals surface area contributed by atoms with Gasteiger partial charge in [0.25, 0.3) is 0 Å². The van der Waals surface area contributed by atoms with Crippen molar-refractivity contribution in [3.63, 3.8) is 0 Å². The third-order valence-corrected chi connectivity index (χ3v) is 3.45. The Kier molecular flexibility index (Phi) is 4.16. The van der Waals surface area contributed by atoms with Crippen LogP contribution in [0.3, 0.4) is 0 Å². The summed E-state index contributed by atoms with van der Waals surface area (Å²) in [6.45, 7) is 0. The third-order valence-electron chi connectivity index (χ3n) is 2.79. The third kappa shape index (κ3) is 2.56. The van der Waals surface area contributed by atoms with Crippen molar-refractivity contribution < 1.29 is 13.9 Å². The van der Waals surface area contributed by atoms with Gasteiger partial charge in [-0.3, -0.25) is 4.79 Å². The summed E-state index contributed by atoms with van der Waals surface area (Å²) in [5.41, 5.74) is 0.131. The Hall–Kier alpha value is -2.19. The van der Waals surface area contributed by atoms with Crippen molar-refractivity contribution in [2.24, 2.45) is 0 Å². The first kappa shape index (κ1) is 14.2. The van der Waals surface area contributed by atoms with E-state index in [-0.39, 0.29) is 11.1 Å². The van der Waals surface area contributed by atoms with Crippen LogP contribution in [0.4, 0.5) is 4.39 Å². The SMILES string of the molecule is COc1ccc(C(=O)c2cccc(F)c2C#N)c(Br)c1. The molecular weight excluding hydrogens is 325 g/mol. The maximum Gasteiger partial charge on any atom is 0.195 e. The van der Waals surface area contributed by atoms with Crippen LogP contribution in [0.1, 0.15) is 21.5 Å². The summed E-state index contributed by atoms with van der Waals surface area (Å²) in [5, 5.41) is 8.97. The first-order valence-electron chi connectivity index (χ1n) is 5.65. The molecule has 2 aromatic carbocycles. The monoisotopic (exact) mass is 333 g/mol. The minimum Gasteiger partial charge on any atom is -0.497 e. The first-order valence-corrected chi connectivity index (χ1v) is 6.44. The van der Waals surface area contributed by atoms with Gasteiger partial charge in [-0.2, -0.15) is 5.26 Å². The van der Waals surface area contributed by atoms with Crippen LogP contribution < -0.4 is 4.74 Å². The summed E-state index contributed by atoms with van der Waals surface area (Å²) in [6, 6.07) is 10.5. The quantitative estimate of drug-likeness (QED) is 0.804. The second-order valence-corrected chi connectivity index (χ2v) is 4.80. The molecule has 5 heteroatoms. The topological polar surface area (TPSA) is 50.1 Å². The van der Waals surface area contributed by atoms with Crippen LogP contribution in [0.5, 0.6) is 5.75 Å². The van der Waals surface area contributed by atoms with Crippen molar-refractivity contribution in [3.8, 4) is 11.8 Å². The van der Waals surface area contributed by atoms with Gasteiger partial charge >= 0.3 is 0 Å². The maximum atomic E-state index is 13.5. The van der Waals surface area contributed by atoms with E-state index in [1.807, 2.05) is 0 Å². The second kappa shape index (κ2) is 5.85. The Morgan fingerprint density at radius 1 is 1.30 bits per heavy atom. The summed E-state index contributed by atoms with van der Waals surface area (Å²) >= 11 is 3.27. The molecule has 0 bridgehead atoms. The number of rotatable bonds is 3. The predicted octanol–water partition coefficient (Wildman–Crippen LogP) is 3.70. The molecule has 0 aromatic heterocycles. The lowest BCUT2D eigenvalue weighted by Gasteiger charge is -2.07. The van der Waals surface area contributed by atoms with Gasteiger partial charge < -0.3 is 4.74 Å². The largest absolute Gasteiger partial charge is 0.497 e. The van der Waals surface area contributed by atoms with Crippen molar-refractivity contribution in [3.05, 3.63) is 63.4 Å². The lowest BCUT2D eigenvalue weighted by Crippen LogP contribution is -2.06. The molecule has 3 nitrogen and oxygen atoms in total. The van der Waals surface area contributed by atoms with E-state index in [1.165, 1.54) is 19.2 Å². The highest BCUT2D eigenvalue weighted by molar-refractivity contribution is 9.10. The lowest BCUT2D eigenvalue weighted by atomic mass is 9.98. The number of nitriles is 1. The molecule has 0 spiro atoms. The zero-order valence-electron chi connectivity index (χ0n) is 10.5. The van der Waals surface area contributed by atoms with Gasteiger partial charge in [0.15, 0.2) is 5.78 Å². The zero-order valence-corrected chi connectivity index (χ0v) is 12.1. The van der Waals surface area contributed by atoms with E-state index in [0.29, 0.717) is 15.8 Å². The second-order valence-electron chi connectivity index (χ2n) is 3.95. The fourth-order valence-corrected chi connectivity index (χ4v) is 2.32. The molecule has 20 heavy (non-hydrogen) atoms. The Morgan fingerprint density at radius 3 is 2.65 bits per heavy atom. The van der Waals surface area contributed by atoms with E-state index >= 15 is 0 Å². The smallest absolute Gasteiger partial charge is 0.195 e. The summed E-state index contributed by atoms with van der Waals surface area (Å²) < 4.78 is 19.1. The predicted molar refractivity (Wildman–Crippen MR) is 75.2 cm³/mol. The van der Waals surface area contributed by atoms with E-state index in [9.17, 15) is 9.18 Å². The number of nitrogens with zero attached hydrogens (tertiary/aromatic N) is 1. The Balaban J connectivity index is 2.53. The number of halogens is 2. The summed E-state index contributed by atoms with van der Waals surface area (Å²) in [7, 11) is 1.52. The van der Waals surface area contributed by atoms with Crippen LogP contribution in [0.15, 0.2) is 40.9 Å². The van der Waals surface area contributed by atoms with Gasteiger partial charge in [-0.05, 0) is 46.3 Å². The molecule has 0 saturated heterocycles. The van der Waals surface area contributed by atoms with Crippen LogP contribution in [0, 0.1) is 17.1 Å². The van der Waals surface area contributed by atoms with Gasteiger partial charge in [-0.1, -0.05) is 6.07 Å². The number of hydrogen-bond donors (Lipinski definition) is 0. The minimum atomic E-state index is -0.706. The van der Waals surface area contributed by atoms with Crippen molar-refractivity contribution in [2.45, 2.75) is 0 Å². The summed E-state index contributed by atoms with van der Waals surface area (Å²) in [4.78, 5) is 12.4. The Labute approximate surface area is 123 Å².